The minimum absolute atomic E-state index is 0.00520. The number of rotatable bonds is 6. The van der Waals surface area contributed by atoms with Gasteiger partial charge >= 0.3 is 0 Å². The average molecular weight is 385 g/mol. The highest BCUT2D eigenvalue weighted by atomic mass is 35.5. The molecular formula is C17H18ClFN2O3S. The van der Waals surface area contributed by atoms with Gasteiger partial charge in [0, 0.05) is 25.7 Å². The zero-order valence-corrected chi connectivity index (χ0v) is 15.4. The van der Waals surface area contributed by atoms with Gasteiger partial charge in [-0.15, -0.1) is 0 Å². The zero-order valence-electron chi connectivity index (χ0n) is 13.8. The maximum atomic E-state index is 13.3. The Morgan fingerprint density at radius 1 is 1.24 bits per heavy atom. The van der Waals surface area contributed by atoms with Crippen LogP contribution in [0.5, 0.6) is 0 Å². The van der Waals surface area contributed by atoms with E-state index in [1.807, 2.05) is 0 Å². The number of hydrogen-bond acceptors (Lipinski definition) is 3. The molecule has 0 aromatic heterocycles. The second kappa shape index (κ2) is 7.95. The Hall–Kier alpha value is -1.96. The highest BCUT2D eigenvalue weighted by Gasteiger charge is 2.18. The van der Waals surface area contributed by atoms with Crippen molar-refractivity contribution in [1.29, 1.82) is 0 Å². The molecule has 0 radical (unpaired) electrons. The molecule has 0 atom stereocenters. The summed E-state index contributed by atoms with van der Waals surface area (Å²) in [6.45, 7) is 3.14. The summed E-state index contributed by atoms with van der Waals surface area (Å²) in [4.78, 5) is 13.3. The van der Waals surface area contributed by atoms with Gasteiger partial charge in [0.25, 0.3) is 0 Å². The topological polar surface area (TPSA) is 66.5 Å². The van der Waals surface area contributed by atoms with Crippen molar-refractivity contribution in [3.63, 3.8) is 0 Å². The number of nitrogens with one attached hydrogen (secondary N) is 1. The molecular weight excluding hydrogens is 367 g/mol. The fourth-order valence-electron chi connectivity index (χ4n) is 2.35. The molecule has 0 saturated heterocycles. The van der Waals surface area contributed by atoms with E-state index < -0.39 is 15.8 Å². The van der Waals surface area contributed by atoms with Gasteiger partial charge in [0.15, 0.2) is 0 Å². The molecule has 1 amide bonds. The van der Waals surface area contributed by atoms with Crippen LogP contribution in [0.2, 0.25) is 5.02 Å². The van der Waals surface area contributed by atoms with Crippen LogP contribution in [0, 0.1) is 12.7 Å². The molecule has 8 heteroatoms. The lowest BCUT2D eigenvalue weighted by molar-refractivity contribution is -0.116. The molecule has 0 unspecified atom stereocenters. The second-order valence-electron chi connectivity index (χ2n) is 5.43. The van der Waals surface area contributed by atoms with E-state index >= 15 is 0 Å². The first-order chi connectivity index (χ1) is 11.7. The summed E-state index contributed by atoms with van der Waals surface area (Å²) in [7, 11) is -3.68. The molecule has 25 heavy (non-hydrogen) atoms. The first kappa shape index (κ1) is 19.4. The van der Waals surface area contributed by atoms with Crippen LogP contribution in [0.4, 0.5) is 10.1 Å². The number of carbonyl (C=O) groups is 1. The maximum absolute atomic E-state index is 13.3. The Labute approximate surface area is 151 Å². The normalized spacial score (nSPS) is 11.4. The number of benzene rings is 2. The molecule has 134 valence electrons. The van der Waals surface area contributed by atoms with Crippen molar-refractivity contribution < 1.29 is 17.6 Å². The molecule has 2 rings (SSSR count). The van der Waals surface area contributed by atoms with E-state index in [0.717, 1.165) is 6.07 Å². The predicted molar refractivity (Wildman–Crippen MR) is 95.8 cm³/mol. The molecule has 0 fully saturated rings. The second-order valence-corrected chi connectivity index (χ2v) is 7.57. The lowest BCUT2D eigenvalue weighted by Gasteiger charge is -2.22. The third-order valence-corrected chi connectivity index (χ3v) is 5.52. The first-order valence-electron chi connectivity index (χ1n) is 7.51. The van der Waals surface area contributed by atoms with Gasteiger partial charge in [0.05, 0.1) is 9.92 Å². The SMILES string of the molecule is CC(=O)N(CCNS(=O)(=O)c1ccccc1C)c1ccc(F)c(Cl)c1. The summed E-state index contributed by atoms with van der Waals surface area (Å²) in [5.74, 6) is -0.896. The van der Waals surface area contributed by atoms with Crippen LogP contribution < -0.4 is 9.62 Å². The van der Waals surface area contributed by atoms with Gasteiger partial charge < -0.3 is 4.90 Å². The summed E-state index contributed by atoms with van der Waals surface area (Å²) < 4.78 is 40.4. The fraction of sp³-hybridized carbons (Fsp3) is 0.235. The van der Waals surface area contributed by atoms with Crippen molar-refractivity contribution in [1.82, 2.24) is 4.72 Å². The highest BCUT2D eigenvalue weighted by molar-refractivity contribution is 7.89. The number of hydrogen-bond donors (Lipinski definition) is 1. The predicted octanol–water partition coefficient (Wildman–Crippen LogP) is 3.12. The Morgan fingerprint density at radius 2 is 1.92 bits per heavy atom. The van der Waals surface area contributed by atoms with Crippen molar-refractivity contribution in [2.24, 2.45) is 0 Å². The van der Waals surface area contributed by atoms with E-state index in [-0.39, 0.29) is 28.9 Å². The molecule has 0 saturated carbocycles. The van der Waals surface area contributed by atoms with Crippen LogP contribution in [0.1, 0.15) is 12.5 Å². The number of nitrogens with zero attached hydrogens (tertiary/aromatic N) is 1. The number of amides is 1. The molecule has 0 spiro atoms. The van der Waals surface area contributed by atoms with E-state index in [1.165, 1.54) is 30.0 Å². The van der Waals surface area contributed by atoms with Crippen LogP contribution in [-0.4, -0.2) is 27.4 Å². The van der Waals surface area contributed by atoms with Crippen LogP contribution in [-0.2, 0) is 14.8 Å². The number of anilines is 1. The summed E-state index contributed by atoms with van der Waals surface area (Å²) >= 11 is 5.74. The van der Waals surface area contributed by atoms with Crippen LogP contribution in [0.3, 0.4) is 0 Å². The number of sulfonamides is 1. The van der Waals surface area contributed by atoms with Gasteiger partial charge in [0.2, 0.25) is 15.9 Å². The molecule has 0 aliphatic carbocycles. The van der Waals surface area contributed by atoms with Crippen molar-refractivity contribution in [2.75, 3.05) is 18.0 Å². The lowest BCUT2D eigenvalue weighted by atomic mass is 10.2. The third-order valence-electron chi connectivity index (χ3n) is 3.61. The van der Waals surface area contributed by atoms with Crippen molar-refractivity contribution >= 4 is 33.2 Å². The minimum atomic E-state index is -3.68. The van der Waals surface area contributed by atoms with Gasteiger partial charge in [0.1, 0.15) is 5.82 Å². The Bertz CT molecular complexity index is 887. The minimum Gasteiger partial charge on any atom is -0.311 e. The standard InChI is InChI=1S/C17H18ClFN2O3S/c1-12-5-3-4-6-17(12)25(23,24)20-9-10-21(13(2)22)14-7-8-16(19)15(18)11-14/h3-8,11,20H,9-10H2,1-2H3. The van der Waals surface area contributed by atoms with Crippen molar-refractivity contribution in [3.8, 4) is 0 Å². The van der Waals surface area contributed by atoms with Crippen molar-refractivity contribution in [2.45, 2.75) is 18.7 Å². The smallest absolute Gasteiger partial charge is 0.240 e. The Kier molecular flexibility index (Phi) is 6.16. The monoisotopic (exact) mass is 384 g/mol. The quantitative estimate of drug-likeness (QED) is 0.832. The van der Waals surface area contributed by atoms with Gasteiger partial charge in [-0.1, -0.05) is 29.8 Å². The van der Waals surface area contributed by atoms with Gasteiger partial charge in [-0.05, 0) is 36.8 Å². The molecule has 2 aromatic carbocycles. The summed E-state index contributed by atoms with van der Waals surface area (Å²) in [6, 6.07) is 10.5. The lowest BCUT2D eigenvalue weighted by Crippen LogP contribution is -2.37. The molecule has 0 aliphatic rings. The summed E-state index contributed by atoms with van der Waals surface area (Å²) in [5.41, 5.74) is 1.03. The van der Waals surface area contributed by atoms with Gasteiger partial charge in [-0.2, -0.15) is 0 Å². The Morgan fingerprint density at radius 3 is 2.52 bits per heavy atom. The third kappa shape index (κ3) is 4.78. The van der Waals surface area contributed by atoms with Crippen LogP contribution >= 0.6 is 11.6 Å². The molecule has 2 aromatic rings. The van der Waals surface area contributed by atoms with Gasteiger partial charge in [-0.25, -0.2) is 17.5 Å². The molecule has 0 bridgehead atoms. The molecule has 0 heterocycles. The van der Waals surface area contributed by atoms with E-state index in [4.69, 9.17) is 11.6 Å². The van der Waals surface area contributed by atoms with Crippen LogP contribution in [0.25, 0.3) is 0 Å². The average Bonchev–Trinajstić information content (AvgIpc) is 2.54. The van der Waals surface area contributed by atoms with E-state index in [2.05, 4.69) is 4.72 Å². The Balaban J connectivity index is 2.11. The summed E-state index contributed by atoms with van der Waals surface area (Å²) in [6.07, 6.45) is 0. The van der Waals surface area contributed by atoms with E-state index in [9.17, 15) is 17.6 Å². The fourth-order valence-corrected chi connectivity index (χ4v) is 3.79. The number of carbonyl (C=O) groups excluding carboxylic acids is 1. The van der Waals surface area contributed by atoms with E-state index in [0.29, 0.717) is 11.3 Å². The first-order valence-corrected chi connectivity index (χ1v) is 9.37. The summed E-state index contributed by atoms with van der Waals surface area (Å²) in [5, 5.41) is -0.107. The van der Waals surface area contributed by atoms with E-state index in [1.54, 1.807) is 25.1 Å². The molecule has 0 aliphatic heterocycles. The maximum Gasteiger partial charge on any atom is 0.240 e. The zero-order chi connectivity index (χ0) is 18.6. The largest absolute Gasteiger partial charge is 0.311 e. The van der Waals surface area contributed by atoms with Crippen LogP contribution in [0.15, 0.2) is 47.4 Å². The number of aryl methyl sites for hydroxylation is 1. The van der Waals surface area contributed by atoms with Gasteiger partial charge in [-0.3, -0.25) is 4.79 Å². The molecule has 1 N–H and O–H groups in total. The number of halogens is 2. The molecule has 5 nitrogen and oxygen atoms in total. The highest BCUT2D eigenvalue weighted by Crippen LogP contribution is 2.22. The van der Waals surface area contributed by atoms with Crippen molar-refractivity contribution in [3.05, 3.63) is 58.9 Å².